The molecule has 0 spiro atoms. The maximum Gasteiger partial charge on any atom is 0.0791 e. The molecule has 0 aliphatic heterocycles. The average Bonchev–Trinajstić information content (AvgIpc) is 1.88. The van der Waals surface area contributed by atoms with Crippen molar-refractivity contribution in [3.05, 3.63) is 36.6 Å². The average molecular weight is 138 g/mol. The van der Waals surface area contributed by atoms with E-state index in [0.29, 0.717) is 5.92 Å². The lowest BCUT2D eigenvalue weighted by Gasteiger charge is -2.00. The third-order valence-electron chi connectivity index (χ3n) is 1.25. The first-order valence-electron chi connectivity index (χ1n) is 3.34. The predicted octanol–water partition coefficient (Wildman–Crippen LogP) is 2.83. The first kappa shape index (κ1) is 9.02. The molecule has 0 fully saturated rings. The van der Waals surface area contributed by atoms with Crippen LogP contribution in [0.25, 0.3) is 0 Å². The van der Waals surface area contributed by atoms with Gasteiger partial charge < -0.3 is 5.11 Å². The quantitative estimate of drug-likeness (QED) is 0.469. The minimum atomic E-state index is 0.475. The molecular weight excluding hydrogens is 124 g/mol. The molecular formula is C9H14O. The molecule has 0 radical (unpaired) electrons. The summed E-state index contributed by atoms with van der Waals surface area (Å²) in [5, 5.41) is 8.26. The molecule has 1 nitrogen and oxygen atoms in total. The molecule has 0 aromatic rings. The molecule has 0 amide bonds. The Labute approximate surface area is 62.4 Å². The lowest BCUT2D eigenvalue weighted by Crippen LogP contribution is -1.86. The van der Waals surface area contributed by atoms with Crippen LogP contribution < -0.4 is 0 Å². The third-order valence-corrected chi connectivity index (χ3v) is 1.25. The van der Waals surface area contributed by atoms with Crippen LogP contribution in [-0.2, 0) is 0 Å². The van der Waals surface area contributed by atoms with Gasteiger partial charge in [-0.3, -0.25) is 0 Å². The lowest BCUT2D eigenvalue weighted by molar-refractivity contribution is 0.473. The molecule has 1 N–H and O–H groups in total. The zero-order valence-electron chi connectivity index (χ0n) is 6.54. The number of hydrogen-bond donors (Lipinski definition) is 1. The maximum absolute atomic E-state index is 8.26. The second-order valence-electron chi connectivity index (χ2n) is 2.43. The topological polar surface area (TPSA) is 20.2 Å². The largest absolute Gasteiger partial charge is 0.516 e. The van der Waals surface area contributed by atoms with Gasteiger partial charge in [-0.15, -0.1) is 0 Å². The third kappa shape index (κ3) is 3.96. The van der Waals surface area contributed by atoms with E-state index >= 15 is 0 Å². The van der Waals surface area contributed by atoms with Gasteiger partial charge in [-0.1, -0.05) is 38.2 Å². The van der Waals surface area contributed by atoms with Gasteiger partial charge in [-0.2, -0.15) is 0 Å². The fourth-order valence-electron chi connectivity index (χ4n) is 0.421. The van der Waals surface area contributed by atoms with E-state index in [2.05, 4.69) is 20.4 Å². The Morgan fingerprint density at radius 3 is 2.40 bits per heavy atom. The predicted molar refractivity (Wildman–Crippen MR) is 44.9 cm³/mol. The summed E-state index contributed by atoms with van der Waals surface area (Å²) in [7, 11) is 0. The van der Waals surface area contributed by atoms with Crippen molar-refractivity contribution >= 4 is 0 Å². The first-order valence-corrected chi connectivity index (χ1v) is 3.34. The van der Waals surface area contributed by atoms with Crippen LogP contribution in [0.3, 0.4) is 0 Å². The SMILES string of the molecule is C=C(/C=C\C=C\O)C(C)C. The monoisotopic (exact) mass is 138 g/mol. The number of aliphatic hydroxyl groups is 1. The summed E-state index contributed by atoms with van der Waals surface area (Å²) < 4.78 is 0. The second-order valence-corrected chi connectivity index (χ2v) is 2.43. The fourth-order valence-corrected chi connectivity index (χ4v) is 0.421. The van der Waals surface area contributed by atoms with E-state index in [4.69, 9.17) is 5.11 Å². The highest BCUT2D eigenvalue weighted by Gasteiger charge is 1.92. The van der Waals surface area contributed by atoms with Crippen molar-refractivity contribution < 1.29 is 5.11 Å². The molecule has 56 valence electrons. The summed E-state index contributed by atoms with van der Waals surface area (Å²) in [6, 6.07) is 0. The smallest absolute Gasteiger partial charge is 0.0791 e. The summed E-state index contributed by atoms with van der Waals surface area (Å²) >= 11 is 0. The van der Waals surface area contributed by atoms with Crippen LogP contribution in [0.4, 0.5) is 0 Å². The van der Waals surface area contributed by atoms with E-state index in [1.807, 2.05) is 6.08 Å². The Hall–Kier alpha value is -0.980. The summed E-state index contributed by atoms with van der Waals surface area (Å²) in [5.74, 6) is 0.475. The molecule has 0 atom stereocenters. The van der Waals surface area contributed by atoms with Gasteiger partial charge in [0.15, 0.2) is 0 Å². The van der Waals surface area contributed by atoms with Gasteiger partial charge >= 0.3 is 0 Å². The molecule has 0 bridgehead atoms. The summed E-state index contributed by atoms with van der Waals surface area (Å²) in [4.78, 5) is 0. The molecule has 10 heavy (non-hydrogen) atoms. The van der Waals surface area contributed by atoms with Crippen LogP contribution in [0.1, 0.15) is 13.8 Å². The van der Waals surface area contributed by atoms with Crippen LogP contribution in [-0.4, -0.2) is 5.11 Å². The highest BCUT2D eigenvalue weighted by molar-refractivity contribution is 5.19. The van der Waals surface area contributed by atoms with E-state index in [9.17, 15) is 0 Å². The van der Waals surface area contributed by atoms with Crippen LogP contribution in [0, 0.1) is 5.92 Å². The summed E-state index contributed by atoms with van der Waals surface area (Å²) in [6.45, 7) is 7.98. The standard InChI is InChI=1S/C9H14O/c1-8(2)9(3)6-4-5-7-10/h4-8,10H,3H2,1-2H3/b6-4-,7-5+. The number of aliphatic hydroxyl groups excluding tert-OH is 1. The molecule has 0 unspecified atom stereocenters. The molecule has 0 heterocycles. The van der Waals surface area contributed by atoms with Gasteiger partial charge in [0.05, 0.1) is 6.26 Å². The second kappa shape index (κ2) is 4.86. The Kier molecular flexibility index (Phi) is 4.38. The molecule has 0 aromatic carbocycles. The molecule has 0 rings (SSSR count). The maximum atomic E-state index is 8.26. The van der Waals surface area contributed by atoms with E-state index in [1.54, 1.807) is 12.2 Å². The molecule has 1 heteroatoms. The van der Waals surface area contributed by atoms with E-state index in [0.717, 1.165) is 11.8 Å². The minimum Gasteiger partial charge on any atom is -0.516 e. The van der Waals surface area contributed by atoms with Gasteiger partial charge in [0.2, 0.25) is 0 Å². The molecule has 0 aromatic heterocycles. The van der Waals surface area contributed by atoms with E-state index in [1.165, 1.54) is 0 Å². The highest BCUT2D eigenvalue weighted by Crippen LogP contribution is 2.07. The van der Waals surface area contributed by atoms with Crippen molar-refractivity contribution in [2.75, 3.05) is 0 Å². The summed E-state index contributed by atoms with van der Waals surface area (Å²) in [6.07, 6.45) is 6.22. The zero-order valence-corrected chi connectivity index (χ0v) is 6.54. The summed E-state index contributed by atoms with van der Waals surface area (Å²) in [5.41, 5.74) is 1.07. The molecule has 0 aliphatic carbocycles. The number of allylic oxidation sites excluding steroid dienone is 4. The molecule has 0 saturated heterocycles. The van der Waals surface area contributed by atoms with Crippen LogP contribution in [0.2, 0.25) is 0 Å². The lowest BCUT2D eigenvalue weighted by atomic mass is 10.1. The number of rotatable bonds is 3. The Morgan fingerprint density at radius 2 is 2.00 bits per heavy atom. The Bertz CT molecular complexity index is 152. The van der Waals surface area contributed by atoms with Gasteiger partial charge in [0, 0.05) is 0 Å². The Morgan fingerprint density at radius 1 is 1.40 bits per heavy atom. The van der Waals surface area contributed by atoms with Crippen molar-refractivity contribution in [1.29, 1.82) is 0 Å². The zero-order chi connectivity index (χ0) is 7.98. The van der Waals surface area contributed by atoms with E-state index in [-0.39, 0.29) is 0 Å². The van der Waals surface area contributed by atoms with Crippen LogP contribution in [0.15, 0.2) is 36.6 Å². The van der Waals surface area contributed by atoms with Gasteiger partial charge in [-0.05, 0) is 12.0 Å². The van der Waals surface area contributed by atoms with Gasteiger partial charge in [-0.25, -0.2) is 0 Å². The van der Waals surface area contributed by atoms with Crippen molar-refractivity contribution in [3.8, 4) is 0 Å². The number of hydrogen-bond acceptors (Lipinski definition) is 1. The van der Waals surface area contributed by atoms with Gasteiger partial charge in [0.25, 0.3) is 0 Å². The van der Waals surface area contributed by atoms with Crippen LogP contribution >= 0.6 is 0 Å². The fraction of sp³-hybridized carbons (Fsp3) is 0.333. The van der Waals surface area contributed by atoms with Crippen LogP contribution in [0.5, 0.6) is 0 Å². The highest BCUT2D eigenvalue weighted by atomic mass is 16.2. The normalized spacial score (nSPS) is 11.9. The van der Waals surface area contributed by atoms with Crippen molar-refractivity contribution in [2.24, 2.45) is 5.92 Å². The molecule has 0 saturated carbocycles. The minimum absolute atomic E-state index is 0.475. The van der Waals surface area contributed by atoms with Crippen molar-refractivity contribution in [2.45, 2.75) is 13.8 Å². The molecule has 0 aliphatic rings. The van der Waals surface area contributed by atoms with E-state index < -0.39 is 0 Å². The van der Waals surface area contributed by atoms with Crippen molar-refractivity contribution in [3.63, 3.8) is 0 Å². The Balaban J connectivity index is 3.78. The van der Waals surface area contributed by atoms with Crippen molar-refractivity contribution in [1.82, 2.24) is 0 Å². The van der Waals surface area contributed by atoms with Gasteiger partial charge in [0.1, 0.15) is 0 Å². The first-order chi connectivity index (χ1) is 4.68.